The molecule has 3 heterocycles. The molecule has 5 rings (SSSR count). The van der Waals surface area contributed by atoms with Gasteiger partial charge in [0.2, 0.25) is 0 Å². The van der Waals surface area contributed by atoms with Crippen molar-refractivity contribution in [3.63, 3.8) is 0 Å². The number of rotatable bonds is 4. The highest BCUT2D eigenvalue weighted by Gasteiger charge is 2.07. The van der Waals surface area contributed by atoms with E-state index in [0.29, 0.717) is 0 Å². The van der Waals surface area contributed by atoms with Gasteiger partial charge in [0, 0.05) is 27.9 Å². The first kappa shape index (κ1) is 15.3. The van der Waals surface area contributed by atoms with Crippen molar-refractivity contribution < 1.29 is 0 Å². The van der Waals surface area contributed by atoms with Crippen LogP contribution in [0.5, 0.6) is 0 Å². The molecule has 6 nitrogen and oxygen atoms in total. The van der Waals surface area contributed by atoms with Crippen molar-refractivity contribution in [1.82, 2.24) is 25.1 Å². The smallest absolute Gasteiger partial charge is 0.188 e. The van der Waals surface area contributed by atoms with E-state index >= 15 is 0 Å². The van der Waals surface area contributed by atoms with Crippen LogP contribution >= 0.6 is 23.1 Å². The largest absolute Gasteiger partial charge is 0.355 e. The summed E-state index contributed by atoms with van der Waals surface area (Å²) in [5, 5.41) is 12.1. The monoisotopic (exact) mass is 376 g/mol. The van der Waals surface area contributed by atoms with Crippen molar-refractivity contribution in [2.45, 2.75) is 10.1 Å². The van der Waals surface area contributed by atoms with Crippen molar-refractivity contribution in [1.29, 1.82) is 0 Å². The van der Waals surface area contributed by atoms with Crippen LogP contribution in [0, 0.1) is 0 Å². The topological polar surface area (TPSA) is 79.4 Å². The number of aromatic nitrogens is 5. The highest BCUT2D eigenvalue weighted by Crippen LogP contribution is 2.32. The summed E-state index contributed by atoms with van der Waals surface area (Å²) in [5.74, 6) is 0. The van der Waals surface area contributed by atoms with E-state index in [-0.39, 0.29) is 0 Å². The van der Waals surface area contributed by atoms with E-state index in [9.17, 15) is 0 Å². The van der Waals surface area contributed by atoms with Crippen LogP contribution in [0.4, 0.5) is 11.4 Å². The number of aromatic amines is 1. The zero-order valence-corrected chi connectivity index (χ0v) is 15.0. The lowest BCUT2D eigenvalue weighted by Crippen LogP contribution is -1.93. The highest BCUT2D eigenvalue weighted by atomic mass is 32.2. The second-order valence-electron chi connectivity index (χ2n) is 5.59. The molecular weight excluding hydrogens is 364 g/mol. The normalized spacial score (nSPS) is 11.2. The molecule has 0 saturated heterocycles. The van der Waals surface area contributed by atoms with E-state index in [1.165, 1.54) is 22.8 Å². The van der Waals surface area contributed by atoms with Crippen LogP contribution in [0.1, 0.15) is 0 Å². The maximum atomic E-state index is 4.47. The Labute approximate surface area is 156 Å². The number of hydrogen-bond donors (Lipinski definition) is 2. The number of fused-ring (bicyclic) bond motifs is 2. The van der Waals surface area contributed by atoms with Crippen LogP contribution in [-0.2, 0) is 0 Å². The number of H-pyrrole nitrogens is 1. The van der Waals surface area contributed by atoms with E-state index in [4.69, 9.17) is 0 Å². The maximum Gasteiger partial charge on any atom is 0.188 e. The van der Waals surface area contributed by atoms with Crippen LogP contribution in [0.15, 0.2) is 70.6 Å². The second kappa shape index (κ2) is 6.40. The van der Waals surface area contributed by atoms with Gasteiger partial charge in [0.15, 0.2) is 5.16 Å². The fourth-order valence-electron chi connectivity index (χ4n) is 2.74. The van der Waals surface area contributed by atoms with Gasteiger partial charge >= 0.3 is 0 Å². The molecule has 0 unspecified atom stereocenters. The molecule has 0 spiro atoms. The van der Waals surface area contributed by atoms with Gasteiger partial charge in [-0.15, -0.1) is 11.3 Å². The molecule has 3 aromatic heterocycles. The third-order valence-corrected chi connectivity index (χ3v) is 5.62. The zero-order chi connectivity index (χ0) is 17.3. The van der Waals surface area contributed by atoms with Crippen LogP contribution in [0.2, 0.25) is 0 Å². The summed E-state index contributed by atoms with van der Waals surface area (Å²) in [7, 11) is 0. The average Bonchev–Trinajstić information content (AvgIpc) is 3.33. The number of pyridine rings is 1. The van der Waals surface area contributed by atoms with Crippen LogP contribution in [-0.4, -0.2) is 25.1 Å². The van der Waals surface area contributed by atoms with Crippen LogP contribution in [0.25, 0.3) is 21.1 Å². The summed E-state index contributed by atoms with van der Waals surface area (Å²) in [6.45, 7) is 0. The first-order valence-electron chi connectivity index (χ1n) is 7.87. The molecule has 0 atom stereocenters. The third kappa shape index (κ3) is 2.89. The molecular formula is C18H12N6S2. The molecule has 0 aliphatic carbocycles. The lowest BCUT2D eigenvalue weighted by atomic mass is 10.2. The highest BCUT2D eigenvalue weighted by molar-refractivity contribution is 7.99. The Morgan fingerprint density at radius 1 is 0.962 bits per heavy atom. The zero-order valence-electron chi connectivity index (χ0n) is 13.4. The van der Waals surface area contributed by atoms with Gasteiger partial charge in [-0.25, -0.2) is 9.97 Å². The summed E-state index contributed by atoms with van der Waals surface area (Å²) in [6, 6.07) is 14.4. The van der Waals surface area contributed by atoms with Gasteiger partial charge in [-0.1, -0.05) is 11.8 Å². The predicted molar refractivity (Wildman–Crippen MR) is 105 cm³/mol. The number of hydrogen-bond acceptors (Lipinski definition) is 7. The van der Waals surface area contributed by atoms with E-state index in [1.54, 1.807) is 11.3 Å². The molecule has 0 saturated carbocycles. The Balaban J connectivity index is 1.53. The SMILES string of the molecule is c1n[nH]c(Sc2ccc3nccc(Nc4ccc5scnc5c4)c3c2)n1. The number of thiazole rings is 1. The first-order chi connectivity index (χ1) is 12.8. The Hall–Kier alpha value is -2.97. The summed E-state index contributed by atoms with van der Waals surface area (Å²) in [6.07, 6.45) is 3.32. The van der Waals surface area contributed by atoms with Crippen molar-refractivity contribution >= 4 is 55.6 Å². The van der Waals surface area contributed by atoms with Gasteiger partial charge in [0.1, 0.15) is 6.33 Å². The molecule has 2 aromatic carbocycles. The molecule has 8 heteroatoms. The Kier molecular flexibility index (Phi) is 3.76. The molecule has 126 valence electrons. The molecule has 0 aliphatic rings. The van der Waals surface area contributed by atoms with Crippen molar-refractivity contribution in [2.24, 2.45) is 0 Å². The fraction of sp³-hybridized carbons (Fsp3) is 0. The maximum absolute atomic E-state index is 4.47. The van der Waals surface area contributed by atoms with E-state index in [1.807, 2.05) is 29.9 Å². The minimum Gasteiger partial charge on any atom is -0.355 e. The summed E-state index contributed by atoms with van der Waals surface area (Å²) in [5.41, 5.74) is 5.81. The van der Waals surface area contributed by atoms with Crippen LogP contribution < -0.4 is 5.32 Å². The molecule has 26 heavy (non-hydrogen) atoms. The second-order valence-corrected chi connectivity index (χ2v) is 7.54. The molecule has 0 amide bonds. The summed E-state index contributed by atoms with van der Waals surface area (Å²) >= 11 is 3.18. The van der Waals surface area contributed by atoms with Gasteiger partial charge < -0.3 is 5.32 Å². The van der Waals surface area contributed by atoms with E-state index in [0.717, 1.165) is 37.8 Å². The van der Waals surface area contributed by atoms with E-state index in [2.05, 4.69) is 54.7 Å². The molecule has 0 aliphatic heterocycles. The summed E-state index contributed by atoms with van der Waals surface area (Å²) < 4.78 is 1.18. The molecule has 5 aromatic rings. The fourth-order valence-corrected chi connectivity index (χ4v) is 4.14. The lowest BCUT2D eigenvalue weighted by molar-refractivity contribution is 0.973. The number of nitrogens with zero attached hydrogens (tertiary/aromatic N) is 4. The minimum atomic E-state index is 0.761. The Bertz CT molecular complexity index is 1200. The van der Waals surface area contributed by atoms with Gasteiger partial charge in [-0.2, -0.15) is 5.10 Å². The van der Waals surface area contributed by atoms with Gasteiger partial charge in [0.05, 0.1) is 21.2 Å². The van der Waals surface area contributed by atoms with Crippen LogP contribution in [0.3, 0.4) is 0 Å². The quantitative estimate of drug-likeness (QED) is 0.466. The standard InChI is InChI=1S/C18H12N6S2/c1-4-17-16(21-10-25-17)7-11(1)23-15-5-6-19-14-3-2-12(8-13(14)15)26-18-20-9-22-24-18/h1-10H,(H,19,23)(H,20,22,24). The van der Waals surface area contributed by atoms with Crippen molar-refractivity contribution in [3.05, 3.63) is 60.5 Å². The minimum absolute atomic E-state index is 0.761. The Morgan fingerprint density at radius 2 is 1.96 bits per heavy atom. The average molecular weight is 376 g/mol. The Morgan fingerprint density at radius 3 is 2.88 bits per heavy atom. The van der Waals surface area contributed by atoms with Crippen molar-refractivity contribution in [3.8, 4) is 0 Å². The van der Waals surface area contributed by atoms with Gasteiger partial charge in [-0.05, 0) is 42.5 Å². The van der Waals surface area contributed by atoms with Gasteiger partial charge in [0.25, 0.3) is 0 Å². The molecule has 0 fully saturated rings. The van der Waals surface area contributed by atoms with Crippen molar-refractivity contribution in [2.75, 3.05) is 5.32 Å². The molecule has 0 bridgehead atoms. The molecule has 2 N–H and O–H groups in total. The molecule has 0 radical (unpaired) electrons. The predicted octanol–water partition coefficient (Wildman–Crippen LogP) is 4.86. The first-order valence-corrected chi connectivity index (χ1v) is 9.57. The van der Waals surface area contributed by atoms with Gasteiger partial charge in [-0.3, -0.25) is 10.1 Å². The number of anilines is 2. The summed E-state index contributed by atoms with van der Waals surface area (Å²) in [4.78, 5) is 14.1. The number of nitrogens with one attached hydrogen (secondary N) is 2. The number of benzene rings is 2. The van der Waals surface area contributed by atoms with E-state index < -0.39 is 0 Å². The lowest BCUT2D eigenvalue weighted by Gasteiger charge is -2.10. The third-order valence-electron chi connectivity index (χ3n) is 3.93.